The van der Waals surface area contributed by atoms with E-state index in [-0.39, 0.29) is 11.3 Å². The van der Waals surface area contributed by atoms with Gasteiger partial charge in [-0.2, -0.15) is 0 Å². The van der Waals surface area contributed by atoms with Crippen LogP contribution in [0, 0.1) is 5.41 Å². The van der Waals surface area contributed by atoms with Crippen LogP contribution in [0.25, 0.3) is 0 Å². The Morgan fingerprint density at radius 2 is 2.06 bits per heavy atom. The van der Waals surface area contributed by atoms with Crippen molar-refractivity contribution in [1.82, 2.24) is 0 Å². The molecule has 1 saturated carbocycles. The molecule has 1 fully saturated rings. The van der Waals surface area contributed by atoms with Crippen LogP contribution in [0.1, 0.15) is 19.3 Å². The lowest BCUT2D eigenvalue weighted by Crippen LogP contribution is -2.45. The molecular weight excluding hydrogens is 202 g/mol. The maximum atomic E-state index is 12.1. The zero-order chi connectivity index (χ0) is 11.2. The summed E-state index contributed by atoms with van der Waals surface area (Å²) in [5, 5.41) is 6.31. The van der Waals surface area contributed by atoms with Gasteiger partial charge in [-0.25, -0.2) is 0 Å². The standard InChI is InChI=1S/C12H15N3O/c13-8-2-3-9-10(6-8)15-11(16)12(7-14-9)4-1-5-12/h2-3,6,14H,1,4-5,7,13H2,(H,15,16). The van der Waals surface area contributed by atoms with Crippen molar-refractivity contribution in [3.8, 4) is 0 Å². The van der Waals surface area contributed by atoms with E-state index in [4.69, 9.17) is 5.73 Å². The van der Waals surface area contributed by atoms with E-state index < -0.39 is 0 Å². The zero-order valence-electron chi connectivity index (χ0n) is 9.05. The van der Waals surface area contributed by atoms with Crippen LogP contribution in [0.15, 0.2) is 18.2 Å². The predicted molar refractivity (Wildman–Crippen MR) is 64.3 cm³/mol. The second-order valence-electron chi connectivity index (χ2n) is 4.75. The molecule has 1 aliphatic carbocycles. The molecule has 1 aromatic rings. The number of hydrogen-bond donors (Lipinski definition) is 3. The largest absolute Gasteiger partial charge is 0.399 e. The first-order valence-electron chi connectivity index (χ1n) is 5.65. The zero-order valence-corrected chi connectivity index (χ0v) is 9.05. The highest BCUT2D eigenvalue weighted by Crippen LogP contribution is 2.44. The molecular formula is C12H15N3O. The molecule has 4 N–H and O–H groups in total. The van der Waals surface area contributed by atoms with Crippen LogP contribution < -0.4 is 16.4 Å². The average molecular weight is 217 g/mol. The monoisotopic (exact) mass is 217 g/mol. The SMILES string of the molecule is Nc1ccc2c(c1)NC(=O)C1(CCC1)CN2. The highest BCUT2D eigenvalue weighted by molar-refractivity contribution is 6.00. The molecule has 1 amide bonds. The third-order valence-electron chi connectivity index (χ3n) is 3.70. The summed E-state index contributed by atoms with van der Waals surface area (Å²) in [7, 11) is 0. The van der Waals surface area contributed by atoms with Crippen LogP contribution in [-0.2, 0) is 4.79 Å². The molecule has 4 nitrogen and oxygen atoms in total. The number of nitrogen functional groups attached to an aromatic ring is 1. The first-order valence-corrected chi connectivity index (χ1v) is 5.65. The van der Waals surface area contributed by atoms with E-state index in [0.29, 0.717) is 5.69 Å². The Balaban J connectivity index is 1.97. The third-order valence-corrected chi connectivity index (χ3v) is 3.70. The number of amides is 1. The summed E-state index contributed by atoms with van der Waals surface area (Å²) in [4.78, 5) is 12.1. The minimum absolute atomic E-state index is 0.135. The Kier molecular flexibility index (Phi) is 1.87. The lowest BCUT2D eigenvalue weighted by molar-refractivity contribution is -0.129. The average Bonchev–Trinajstić information content (AvgIpc) is 2.32. The molecule has 0 saturated heterocycles. The van der Waals surface area contributed by atoms with Crippen molar-refractivity contribution < 1.29 is 4.79 Å². The highest BCUT2D eigenvalue weighted by Gasteiger charge is 2.45. The van der Waals surface area contributed by atoms with Crippen molar-refractivity contribution in [1.29, 1.82) is 0 Å². The number of carbonyl (C=O) groups excluding carboxylic acids is 1. The first kappa shape index (κ1) is 9.51. The Morgan fingerprint density at radius 3 is 2.75 bits per heavy atom. The number of anilines is 3. The Hall–Kier alpha value is -1.71. The van der Waals surface area contributed by atoms with Crippen LogP contribution in [0.4, 0.5) is 17.1 Å². The maximum absolute atomic E-state index is 12.1. The van der Waals surface area contributed by atoms with Gasteiger partial charge in [-0.05, 0) is 31.0 Å². The minimum atomic E-state index is -0.187. The third kappa shape index (κ3) is 1.26. The summed E-state index contributed by atoms with van der Waals surface area (Å²) in [5.74, 6) is 0.135. The van der Waals surface area contributed by atoms with Gasteiger partial charge in [-0.3, -0.25) is 4.79 Å². The predicted octanol–water partition coefficient (Wildman–Crippen LogP) is 1.80. The van der Waals surface area contributed by atoms with E-state index in [2.05, 4.69) is 10.6 Å². The van der Waals surface area contributed by atoms with Gasteiger partial charge in [0.15, 0.2) is 0 Å². The van der Waals surface area contributed by atoms with Crippen molar-refractivity contribution >= 4 is 23.0 Å². The molecule has 0 atom stereocenters. The van der Waals surface area contributed by atoms with E-state index in [1.807, 2.05) is 12.1 Å². The fraction of sp³-hybridized carbons (Fsp3) is 0.417. The summed E-state index contributed by atoms with van der Waals surface area (Å²) in [6, 6.07) is 5.57. The minimum Gasteiger partial charge on any atom is -0.399 e. The molecule has 16 heavy (non-hydrogen) atoms. The molecule has 0 unspecified atom stereocenters. The first-order chi connectivity index (χ1) is 7.70. The number of rotatable bonds is 0. The summed E-state index contributed by atoms with van der Waals surface area (Å²) in [6.45, 7) is 0.732. The van der Waals surface area contributed by atoms with Gasteiger partial charge in [0.05, 0.1) is 16.8 Å². The van der Waals surface area contributed by atoms with Crippen LogP contribution in [0.2, 0.25) is 0 Å². The molecule has 1 aliphatic heterocycles. The van der Waals surface area contributed by atoms with E-state index in [1.165, 1.54) is 0 Å². The number of fused-ring (bicyclic) bond motifs is 1. The molecule has 0 aromatic heterocycles. The lowest BCUT2D eigenvalue weighted by Gasteiger charge is -2.38. The van der Waals surface area contributed by atoms with E-state index in [1.54, 1.807) is 6.07 Å². The maximum Gasteiger partial charge on any atom is 0.232 e. The molecule has 0 radical (unpaired) electrons. The van der Waals surface area contributed by atoms with Crippen molar-refractivity contribution in [2.45, 2.75) is 19.3 Å². The summed E-state index contributed by atoms with van der Waals surface area (Å²) >= 11 is 0. The van der Waals surface area contributed by atoms with Crippen molar-refractivity contribution in [2.75, 3.05) is 22.9 Å². The second-order valence-corrected chi connectivity index (χ2v) is 4.75. The Bertz CT molecular complexity index is 452. The van der Waals surface area contributed by atoms with Gasteiger partial charge in [-0.15, -0.1) is 0 Å². The molecule has 4 heteroatoms. The molecule has 84 valence electrons. The number of hydrogen-bond acceptors (Lipinski definition) is 3. The molecule has 3 rings (SSSR count). The van der Waals surface area contributed by atoms with Crippen LogP contribution in [0.5, 0.6) is 0 Å². The molecule has 2 aliphatic rings. The lowest BCUT2D eigenvalue weighted by atomic mass is 9.68. The van der Waals surface area contributed by atoms with Gasteiger partial charge in [-0.1, -0.05) is 6.42 Å². The normalized spacial score (nSPS) is 21.4. The van der Waals surface area contributed by atoms with Crippen LogP contribution in [0.3, 0.4) is 0 Å². The van der Waals surface area contributed by atoms with Crippen molar-refractivity contribution in [3.63, 3.8) is 0 Å². The second kappa shape index (κ2) is 3.14. The number of benzene rings is 1. The molecule has 1 heterocycles. The van der Waals surface area contributed by atoms with E-state index >= 15 is 0 Å². The van der Waals surface area contributed by atoms with E-state index in [9.17, 15) is 4.79 Å². The Morgan fingerprint density at radius 1 is 1.25 bits per heavy atom. The van der Waals surface area contributed by atoms with E-state index in [0.717, 1.165) is 37.2 Å². The molecule has 0 bridgehead atoms. The summed E-state index contributed by atoms with van der Waals surface area (Å²) in [5.41, 5.74) is 7.96. The topological polar surface area (TPSA) is 67.1 Å². The Labute approximate surface area is 94.2 Å². The smallest absolute Gasteiger partial charge is 0.232 e. The number of nitrogens with two attached hydrogens (primary N) is 1. The van der Waals surface area contributed by atoms with Gasteiger partial charge in [0.25, 0.3) is 0 Å². The number of nitrogens with one attached hydrogen (secondary N) is 2. The van der Waals surface area contributed by atoms with Gasteiger partial charge in [0, 0.05) is 12.2 Å². The van der Waals surface area contributed by atoms with Crippen molar-refractivity contribution in [2.24, 2.45) is 5.41 Å². The van der Waals surface area contributed by atoms with Gasteiger partial charge in [0.2, 0.25) is 5.91 Å². The fourth-order valence-corrected chi connectivity index (χ4v) is 2.43. The summed E-state index contributed by atoms with van der Waals surface area (Å²) < 4.78 is 0. The van der Waals surface area contributed by atoms with Gasteiger partial charge >= 0.3 is 0 Å². The summed E-state index contributed by atoms with van der Waals surface area (Å²) in [6.07, 6.45) is 3.11. The van der Waals surface area contributed by atoms with Gasteiger partial charge in [0.1, 0.15) is 0 Å². The van der Waals surface area contributed by atoms with Crippen LogP contribution >= 0.6 is 0 Å². The fourth-order valence-electron chi connectivity index (χ4n) is 2.43. The highest BCUT2D eigenvalue weighted by atomic mass is 16.2. The molecule has 1 spiro atoms. The van der Waals surface area contributed by atoms with Gasteiger partial charge < -0.3 is 16.4 Å². The quantitative estimate of drug-likeness (QED) is 0.580. The van der Waals surface area contributed by atoms with Crippen LogP contribution in [-0.4, -0.2) is 12.5 Å². The molecule has 1 aromatic carbocycles. The van der Waals surface area contributed by atoms with Crippen molar-refractivity contribution in [3.05, 3.63) is 18.2 Å². The number of carbonyl (C=O) groups is 1.